The van der Waals surface area contributed by atoms with Crippen molar-refractivity contribution in [3.05, 3.63) is 58.1 Å². The Morgan fingerprint density at radius 3 is 2.65 bits per heavy atom. The van der Waals surface area contributed by atoms with E-state index in [2.05, 4.69) is 15.8 Å². The maximum atomic E-state index is 12.8. The highest BCUT2D eigenvalue weighted by Crippen LogP contribution is 2.27. The first kappa shape index (κ1) is 22.7. The minimum Gasteiger partial charge on any atom is -0.482 e. The molecule has 1 heterocycles. The first-order chi connectivity index (χ1) is 14.8. The maximum Gasteiger partial charge on any atom is 0.277 e. The van der Waals surface area contributed by atoms with Crippen molar-refractivity contribution in [2.45, 2.75) is 6.92 Å². The number of anilines is 1. The fourth-order valence-electron chi connectivity index (χ4n) is 2.61. The van der Waals surface area contributed by atoms with E-state index in [1.165, 1.54) is 17.0 Å². The first-order valence-electron chi connectivity index (χ1n) is 8.91. The Bertz CT molecular complexity index is 1080. The summed E-state index contributed by atoms with van der Waals surface area (Å²) in [7, 11) is 0. The van der Waals surface area contributed by atoms with Gasteiger partial charge in [-0.3, -0.25) is 19.3 Å². The van der Waals surface area contributed by atoms with Gasteiger partial charge in [0.25, 0.3) is 11.8 Å². The Labute approximate surface area is 193 Å². The van der Waals surface area contributed by atoms with Gasteiger partial charge < -0.3 is 10.1 Å². The highest BCUT2D eigenvalue weighted by Gasteiger charge is 2.38. The molecule has 11 heteroatoms. The Kier molecular flexibility index (Phi) is 7.21. The smallest absolute Gasteiger partial charge is 0.277 e. The van der Waals surface area contributed by atoms with Crippen LogP contribution in [0.15, 0.2) is 47.6 Å². The zero-order chi connectivity index (χ0) is 22.5. The normalized spacial score (nSPS) is 16.4. The Morgan fingerprint density at radius 2 is 1.97 bits per heavy atom. The van der Waals surface area contributed by atoms with Crippen LogP contribution in [-0.2, 0) is 14.4 Å². The molecule has 3 rings (SSSR count). The lowest BCUT2D eigenvalue weighted by Gasteiger charge is -2.30. The second-order valence-electron chi connectivity index (χ2n) is 6.46. The number of hydrazone groups is 1. The van der Waals surface area contributed by atoms with Gasteiger partial charge in [0, 0.05) is 11.2 Å². The summed E-state index contributed by atoms with van der Waals surface area (Å²) in [5, 5.41) is 6.82. The summed E-state index contributed by atoms with van der Waals surface area (Å²) in [4.78, 5) is 38.1. The van der Waals surface area contributed by atoms with Crippen LogP contribution in [0.1, 0.15) is 5.56 Å². The molecule has 2 aromatic rings. The molecule has 0 spiro atoms. The van der Waals surface area contributed by atoms with Crippen molar-refractivity contribution in [3.8, 4) is 5.75 Å². The number of rotatable bonds is 6. The third-order valence-corrected chi connectivity index (χ3v) is 4.97. The molecule has 0 aliphatic carbocycles. The molecule has 0 aromatic heterocycles. The van der Waals surface area contributed by atoms with Crippen LogP contribution in [0.5, 0.6) is 5.75 Å². The zero-order valence-corrected chi connectivity index (χ0v) is 18.4. The number of aryl methyl sites for hydroxylation is 1. The molecule has 2 aromatic carbocycles. The molecular formula is C20H16Cl2N4O4S. The van der Waals surface area contributed by atoms with Gasteiger partial charge in [-0.1, -0.05) is 40.9 Å². The summed E-state index contributed by atoms with van der Waals surface area (Å²) in [6, 6.07) is 11.6. The van der Waals surface area contributed by atoms with Crippen molar-refractivity contribution < 1.29 is 19.1 Å². The molecule has 1 fully saturated rings. The van der Waals surface area contributed by atoms with Crippen molar-refractivity contribution in [3.63, 3.8) is 0 Å². The van der Waals surface area contributed by atoms with Gasteiger partial charge in [0.1, 0.15) is 5.75 Å². The third kappa shape index (κ3) is 5.57. The number of ether oxygens (including phenoxy) is 1. The van der Waals surface area contributed by atoms with Crippen LogP contribution in [0.2, 0.25) is 10.0 Å². The molecule has 8 nitrogen and oxygen atoms in total. The number of nitrogens with one attached hydrogen (secondary N) is 2. The molecule has 160 valence electrons. The molecular weight excluding hydrogens is 463 g/mol. The molecule has 3 amide bonds. The van der Waals surface area contributed by atoms with Crippen LogP contribution in [0.4, 0.5) is 5.69 Å². The minimum atomic E-state index is -1.26. The molecule has 2 N–H and O–H groups in total. The number of hydrogen-bond acceptors (Lipinski definition) is 6. The van der Waals surface area contributed by atoms with Crippen LogP contribution in [0.25, 0.3) is 0 Å². The molecule has 1 saturated heterocycles. The average molecular weight is 479 g/mol. The zero-order valence-electron chi connectivity index (χ0n) is 16.1. The number of halogens is 2. The van der Waals surface area contributed by atoms with E-state index in [1.807, 2.05) is 19.1 Å². The largest absolute Gasteiger partial charge is 0.482 e. The number of benzene rings is 2. The van der Waals surface area contributed by atoms with Gasteiger partial charge >= 0.3 is 0 Å². The predicted octanol–water partition coefficient (Wildman–Crippen LogP) is 2.85. The van der Waals surface area contributed by atoms with Gasteiger partial charge in [-0.05, 0) is 49.5 Å². The summed E-state index contributed by atoms with van der Waals surface area (Å²) in [5.74, 6) is -2.83. The molecule has 0 saturated carbocycles. The summed E-state index contributed by atoms with van der Waals surface area (Å²) in [6.45, 7) is 1.52. The summed E-state index contributed by atoms with van der Waals surface area (Å²) in [5.41, 5.74) is 3.71. The van der Waals surface area contributed by atoms with Gasteiger partial charge in [-0.25, -0.2) is 5.43 Å². The van der Waals surface area contributed by atoms with E-state index in [9.17, 15) is 14.4 Å². The summed E-state index contributed by atoms with van der Waals surface area (Å²) in [6.07, 6.45) is 1.04. The molecule has 1 aliphatic rings. The van der Waals surface area contributed by atoms with Crippen LogP contribution >= 0.6 is 35.4 Å². The van der Waals surface area contributed by atoms with Gasteiger partial charge in [0.05, 0.1) is 10.7 Å². The van der Waals surface area contributed by atoms with Gasteiger partial charge in [0.15, 0.2) is 17.6 Å². The van der Waals surface area contributed by atoms with Crippen LogP contribution in [0, 0.1) is 12.8 Å². The lowest BCUT2D eigenvalue weighted by molar-refractivity contribution is -0.130. The highest BCUT2D eigenvalue weighted by molar-refractivity contribution is 7.80. The van der Waals surface area contributed by atoms with E-state index in [0.717, 1.165) is 11.8 Å². The SMILES string of the molecule is Cc1ccc(N2C(=O)[C@H](/C=N\NC(=O)COc3ccc(Cl)cc3Cl)C(=O)NC2=S)cc1. The summed E-state index contributed by atoms with van der Waals surface area (Å²) < 4.78 is 5.29. The maximum absolute atomic E-state index is 12.8. The first-order valence-corrected chi connectivity index (χ1v) is 10.1. The number of carbonyl (C=O) groups is 3. The molecule has 1 aliphatic heterocycles. The van der Waals surface area contributed by atoms with Crippen molar-refractivity contribution >= 4 is 70.2 Å². The van der Waals surface area contributed by atoms with Crippen LogP contribution in [0.3, 0.4) is 0 Å². The van der Waals surface area contributed by atoms with Crippen molar-refractivity contribution in [2.24, 2.45) is 11.0 Å². The standard InChI is InChI=1S/C20H16Cl2N4O4S/c1-11-2-5-13(6-3-11)26-19(29)14(18(28)24-20(26)31)9-23-25-17(27)10-30-16-7-4-12(21)8-15(16)22/h2-9,14H,10H2,1H3,(H,25,27)(H,24,28,31)/b23-9-/t14-/m1/s1. The van der Waals surface area contributed by atoms with Gasteiger partial charge in [-0.15, -0.1) is 0 Å². The highest BCUT2D eigenvalue weighted by atomic mass is 35.5. The minimum absolute atomic E-state index is 0.0271. The number of carbonyl (C=O) groups excluding carboxylic acids is 3. The van der Waals surface area contributed by atoms with E-state index in [4.69, 9.17) is 40.2 Å². The lowest BCUT2D eigenvalue weighted by Crippen LogP contribution is -2.58. The van der Waals surface area contributed by atoms with E-state index in [-0.39, 0.29) is 22.5 Å². The molecule has 31 heavy (non-hydrogen) atoms. The molecule has 1 atom stereocenters. The molecule has 0 unspecified atom stereocenters. The van der Waals surface area contributed by atoms with Crippen LogP contribution < -0.4 is 20.4 Å². The van der Waals surface area contributed by atoms with Crippen molar-refractivity contribution in [1.82, 2.24) is 10.7 Å². The second kappa shape index (κ2) is 9.86. The predicted molar refractivity (Wildman–Crippen MR) is 121 cm³/mol. The topological polar surface area (TPSA) is 100 Å². The Hall–Kier alpha value is -3.01. The van der Waals surface area contributed by atoms with Crippen molar-refractivity contribution in [2.75, 3.05) is 11.5 Å². The monoisotopic (exact) mass is 478 g/mol. The van der Waals surface area contributed by atoms with Crippen LogP contribution in [-0.4, -0.2) is 35.7 Å². The van der Waals surface area contributed by atoms with E-state index in [0.29, 0.717) is 10.7 Å². The summed E-state index contributed by atoms with van der Waals surface area (Å²) >= 11 is 16.9. The fraction of sp³-hybridized carbons (Fsp3) is 0.150. The van der Waals surface area contributed by atoms with Gasteiger partial charge in [-0.2, -0.15) is 5.10 Å². The van der Waals surface area contributed by atoms with Gasteiger partial charge in [0.2, 0.25) is 5.91 Å². The van der Waals surface area contributed by atoms with E-state index < -0.39 is 23.6 Å². The second-order valence-corrected chi connectivity index (χ2v) is 7.69. The Morgan fingerprint density at radius 1 is 1.26 bits per heavy atom. The van der Waals surface area contributed by atoms with Crippen molar-refractivity contribution in [1.29, 1.82) is 0 Å². The molecule has 0 bridgehead atoms. The average Bonchev–Trinajstić information content (AvgIpc) is 2.71. The fourth-order valence-corrected chi connectivity index (χ4v) is 3.37. The number of hydrogen-bond donors (Lipinski definition) is 2. The quantitative estimate of drug-likeness (QED) is 0.287. The number of thiocarbonyl (C=S) groups is 1. The van der Waals surface area contributed by atoms with E-state index in [1.54, 1.807) is 18.2 Å². The Balaban J connectivity index is 1.61. The van der Waals surface area contributed by atoms with E-state index >= 15 is 0 Å². The third-order valence-electron chi connectivity index (χ3n) is 4.16. The molecule has 0 radical (unpaired) electrons. The number of amides is 3. The number of nitrogens with zero attached hydrogens (tertiary/aromatic N) is 2. The lowest BCUT2D eigenvalue weighted by atomic mass is 10.1.